The van der Waals surface area contributed by atoms with Crippen molar-refractivity contribution in [1.82, 2.24) is 10.2 Å². The molecule has 1 amide bonds. The molecule has 1 aromatic heterocycles. The summed E-state index contributed by atoms with van der Waals surface area (Å²) in [5.41, 5.74) is 7.75. The van der Waals surface area contributed by atoms with Crippen molar-refractivity contribution in [3.8, 4) is 10.6 Å². The number of amides is 1. The molecule has 158 valence electrons. The summed E-state index contributed by atoms with van der Waals surface area (Å²) in [6, 6.07) is 6.00. The molecule has 1 fully saturated rings. The lowest BCUT2D eigenvalue weighted by atomic mass is 9.87. The second kappa shape index (κ2) is 9.45. The highest BCUT2D eigenvalue weighted by molar-refractivity contribution is 8.00. The summed E-state index contributed by atoms with van der Waals surface area (Å²) < 4.78 is 0. The Morgan fingerprint density at radius 1 is 1.21 bits per heavy atom. The summed E-state index contributed by atoms with van der Waals surface area (Å²) in [6.07, 6.45) is 3.29. The van der Waals surface area contributed by atoms with Gasteiger partial charge >= 0.3 is 6.09 Å². The molecule has 0 bridgehead atoms. The van der Waals surface area contributed by atoms with Crippen molar-refractivity contribution in [1.29, 1.82) is 0 Å². The first-order valence-electron chi connectivity index (χ1n) is 10.2. The number of thioether (sulfide) groups is 1. The first-order chi connectivity index (χ1) is 13.8. The SMILES string of the molecule is CC(C)Sc1cc(N(C(=O)O)C(C)C)ccc1-c1nnc(C2CCC(N)CC2)s1. The number of carbonyl (C=O) groups is 1. The van der Waals surface area contributed by atoms with Gasteiger partial charge in [-0.05, 0) is 57.7 Å². The van der Waals surface area contributed by atoms with E-state index in [4.69, 9.17) is 5.73 Å². The lowest BCUT2D eigenvalue weighted by Gasteiger charge is -2.24. The lowest BCUT2D eigenvalue weighted by molar-refractivity contribution is 0.200. The molecule has 1 heterocycles. The molecule has 29 heavy (non-hydrogen) atoms. The Kier molecular flexibility index (Phi) is 7.19. The number of anilines is 1. The smallest absolute Gasteiger partial charge is 0.412 e. The third-order valence-corrected chi connectivity index (χ3v) is 7.30. The first-order valence-corrected chi connectivity index (χ1v) is 11.9. The number of hydrogen-bond donors (Lipinski definition) is 2. The molecule has 0 unspecified atom stereocenters. The van der Waals surface area contributed by atoms with E-state index in [1.807, 2.05) is 32.0 Å². The van der Waals surface area contributed by atoms with Crippen LogP contribution in [0.2, 0.25) is 0 Å². The van der Waals surface area contributed by atoms with Gasteiger partial charge < -0.3 is 10.8 Å². The van der Waals surface area contributed by atoms with Crippen LogP contribution in [0.15, 0.2) is 23.1 Å². The Balaban J connectivity index is 1.93. The molecule has 1 saturated carbocycles. The average Bonchev–Trinajstić information content (AvgIpc) is 3.11. The Hall–Kier alpha value is -1.64. The molecule has 3 N–H and O–H groups in total. The molecule has 1 aromatic carbocycles. The number of nitrogens with two attached hydrogens (primary N) is 1. The molecular formula is C21H30N4O2S2. The highest BCUT2D eigenvalue weighted by Gasteiger charge is 2.25. The van der Waals surface area contributed by atoms with Crippen LogP contribution in [0.3, 0.4) is 0 Å². The number of benzene rings is 1. The molecule has 8 heteroatoms. The third kappa shape index (κ3) is 5.29. The number of aromatic nitrogens is 2. The Morgan fingerprint density at radius 2 is 1.90 bits per heavy atom. The fourth-order valence-electron chi connectivity index (χ4n) is 3.69. The maximum Gasteiger partial charge on any atom is 0.412 e. The summed E-state index contributed by atoms with van der Waals surface area (Å²) in [6.45, 7) is 8.03. The van der Waals surface area contributed by atoms with Gasteiger partial charge in [0.25, 0.3) is 0 Å². The van der Waals surface area contributed by atoms with Gasteiger partial charge in [0.2, 0.25) is 0 Å². The summed E-state index contributed by atoms with van der Waals surface area (Å²) in [4.78, 5) is 14.2. The standard InChI is InChI=1S/C21H30N4O2S2/c1-12(2)25(21(26)27)16-9-10-17(18(11-16)28-13(3)4)20-24-23-19(29-20)14-5-7-15(22)8-6-14/h9-15H,5-8,22H2,1-4H3,(H,26,27). The third-order valence-electron chi connectivity index (χ3n) is 5.12. The van der Waals surface area contributed by atoms with Gasteiger partial charge in [-0.3, -0.25) is 4.90 Å². The summed E-state index contributed by atoms with van der Waals surface area (Å²) in [7, 11) is 0. The molecule has 2 aromatic rings. The predicted molar refractivity (Wildman–Crippen MR) is 121 cm³/mol. The maximum atomic E-state index is 11.7. The molecule has 6 nitrogen and oxygen atoms in total. The minimum Gasteiger partial charge on any atom is -0.465 e. The van der Waals surface area contributed by atoms with E-state index in [1.54, 1.807) is 23.1 Å². The Bertz CT molecular complexity index is 845. The minimum atomic E-state index is -0.943. The van der Waals surface area contributed by atoms with E-state index in [2.05, 4.69) is 24.0 Å². The summed E-state index contributed by atoms with van der Waals surface area (Å²) in [5.74, 6) is 0.449. The van der Waals surface area contributed by atoms with Crippen molar-refractivity contribution in [2.45, 2.75) is 81.5 Å². The van der Waals surface area contributed by atoms with Gasteiger partial charge in [0.05, 0.1) is 0 Å². The fourth-order valence-corrected chi connectivity index (χ4v) is 5.80. The zero-order chi connectivity index (χ0) is 21.1. The van der Waals surface area contributed by atoms with E-state index >= 15 is 0 Å². The Labute approximate surface area is 180 Å². The second-order valence-corrected chi connectivity index (χ2v) is 10.8. The highest BCUT2D eigenvalue weighted by atomic mass is 32.2. The number of hydrogen-bond acceptors (Lipinski definition) is 6. The molecule has 0 saturated heterocycles. The van der Waals surface area contributed by atoms with Gasteiger partial charge in [-0.15, -0.1) is 22.0 Å². The van der Waals surface area contributed by atoms with Gasteiger partial charge in [-0.2, -0.15) is 0 Å². The van der Waals surface area contributed by atoms with Crippen LogP contribution < -0.4 is 10.6 Å². The van der Waals surface area contributed by atoms with Crippen molar-refractivity contribution >= 4 is 34.9 Å². The first kappa shape index (κ1) is 22.1. The normalized spacial score (nSPS) is 19.7. The summed E-state index contributed by atoms with van der Waals surface area (Å²) in [5, 5.41) is 20.9. The largest absolute Gasteiger partial charge is 0.465 e. The predicted octanol–water partition coefficient (Wildman–Crippen LogP) is 5.58. The molecule has 1 aliphatic rings. The molecule has 0 aliphatic heterocycles. The van der Waals surface area contributed by atoms with E-state index in [-0.39, 0.29) is 6.04 Å². The Morgan fingerprint density at radius 3 is 2.48 bits per heavy atom. The fraction of sp³-hybridized carbons (Fsp3) is 0.571. The highest BCUT2D eigenvalue weighted by Crippen LogP contribution is 2.41. The lowest BCUT2D eigenvalue weighted by Crippen LogP contribution is -2.35. The average molecular weight is 435 g/mol. The van der Waals surface area contributed by atoms with E-state index in [9.17, 15) is 9.90 Å². The van der Waals surface area contributed by atoms with Crippen LogP contribution in [0.5, 0.6) is 0 Å². The van der Waals surface area contributed by atoms with E-state index in [1.165, 1.54) is 4.90 Å². The minimum absolute atomic E-state index is 0.138. The van der Waals surface area contributed by atoms with Gasteiger partial charge in [0.15, 0.2) is 0 Å². The number of carboxylic acid groups (broad SMARTS) is 1. The van der Waals surface area contributed by atoms with E-state index in [0.29, 0.717) is 22.9 Å². The van der Waals surface area contributed by atoms with E-state index < -0.39 is 6.09 Å². The van der Waals surface area contributed by atoms with Crippen LogP contribution in [-0.4, -0.2) is 38.7 Å². The van der Waals surface area contributed by atoms with Crippen molar-refractivity contribution < 1.29 is 9.90 Å². The topological polar surface area (TPSA) is 92.3 Å². The monoisotopic (exact) mass is 434 g/mol. The van der Waals surface area contributed by atoms with Crippen molar-refractivity contribution in [3.63, 3.8) is 0 Å². The van der Waals surface area contributed by atoms with Crippen LogP contribution in [-0.2, 0) is 0 Å². The van der Waals surface area contributed by atoms with Gasteiger partial charge in [0.1, 0.15) is 10.0 Å². The van der Waals surface area contributed by atoms with E-state index in [0.717, 1.165) is 46.2 Å². The molecular weight excluding hydrogens is 404 g/mol. The van der Waals surface area contributed by atoms with Gasteiger partial charge in [-0.25, -0.2) is 4.79 Å². The van der Waals surface area contributed by atoms with Crippen LogP contribution in [0, 0.1) is 0 Å². The van der Waals surface area contributed by atoms with Crippen molar-refractivity contribution in [2.75, 3.05) is 4.90 Å². The number of nitrogens with zero attached hydrogens (tertiary/aromatic N) is 3. The van der Waals surface area contributed by atoms with Crippen molar-refractivity contribution in [2.24, 2.45) is 5.73 Å². The van der Waals surface area contributed by atoms with Crippen LogP contribution in [0.1, 0.15) is 64.3 Å². The molecule has 1 aliphatic carbocycles. The van der Waals surface area contributed by atoms with Crippen molar-refractivity contribution in [3.05, 3.63) is 23.2 Å². The quantitative estimate of drug-likeness (QED) is 0.576. The molecule has 3 rings (SSSR count). The zero-order valence-electron chi connectivity index (χ0n) is 17.5. The van der Waals surface area contributed by atoms with Gasteiger partial charge in [-0.1, -0.05) is 25.2 Å². The molecule has 0 atom stereocenters. The molecule has 0 spiro atoms. The zero-order valence-corrected chi connectivity index (χ0v) is 19.1. The van der Waals surface area contributed by atoms with Crippen LogP contribution in [0.4, 0.5) is 10.5 Å². The van der Waals surface area contributed by atoms with Gasteiger partial charge in [0, 0.05) is 39.4 Å². The number of rotatable bonds is 6. The summed E-state index contributed by atoms with van der Waals surface area (Å²) >= 11 is 3.38. The second-order valence-electron chi connectivity index (χ2n) is 8.15. The molecule has 0 radical (unpaired) electrons. The van der Waals surface area contributed by atoms with Crippen LogP contribution >= 0.6 is 23.1 Å². The maximum absolute atomic E-state index is 11.7. The van der Waals surface area contributed by atoms with Crippen LogP contribution in [0.25, 0.3) is 10.6 Å².